The van der Waals surface area contributed by atoms with Crippen LogP contribution in [0.3, 0.4) is 0 Å². The van der Waals surface area contributed by atoms with Crippen molar-refractivity contribution >= 4 is 33.3 Å². The maximum absolute atomic E-state index is 11.8. The molecule has 3 aromatic rings. The molecule has 0 bridgehead atoms. The van der Waals surface area contributed by atoms with Crippen LogP contribution in [0.1, 0.15) is 31.4 Å². The van der Waals surface area contributed by atoms with Gasteiger partial charge in [0, 0.05) is 5.92 Å². The standard InChI is InChI=1S/C12H13N5OS2/c1-6(2)10-15-12(17-16-10)20-5-8-13-7-3-4-19-9(7)11(18)14-8/h3-4,6H,5H2,1-2H3,(H,13,14,18)(H,15,16,17). The van der Waals surface area contributed by atoms with Crippen molar-refractivity contribution in [2.75, 3.05) is 0 Å². The number of thioether (sulfide) groups is 1. The average Bonchev–Trinajstić information content (AvgIpc) is 3.05. The molecule has 104 valence electrons. The second-order valence-electron chi connectivity index (χ2n) is 4.59. The smallest absolute Gasteiger partial charge is 0.268 e. The molecule has 0 amide bonds. The lowest BCUT2D eigenvalue weighted by Crippen LogP contribution is -2.09. The van der Waals surface area contributed by atoms with E-state index in [4.69, 9.17) is 0 Å². The molecule has 0 aliphatic rings. The van der Waals surface area contributed by atoms with Crippen LogP contribution in [0.25, 0.3) is 10.2 Å². The van der Waals surface area contributed by atoms with Gasteiger partial charge in [-0.15, -0.1) is 16.4 Å². The topological polar surface area (TPSA) is 87.3 Å². The van der Waals surface area contributed by atoms with Gasteiger partial charge in [0.25, 0.3) is 5.56 Å². The first kappa shape index (κ1) is 13.3. The maximum Gasteiger partial charge on any atom is 0.268 e. The molecule has 0 aliphatic heterocycles. The summed E-state index contributed by atoms with van der Waals surface area (Å²) >= 11 is 2.85. The number of hydrogen-bond donors (Lipinski definition) is 2. The Kier molecular flexibility index (Phi) is 3.58. The van der Waals surface area contributed by atoms with Crippen molar-refractivity contribution in [1.29, 1.82) is 0 Å². The summed E-state index contributed by atoms with van der Waals surface area (Å²) in [5.74, 6) is 2.36. The van der Waals surface area contributed by atoms with E-state index in [1.165, 1.54) is 23.1 Å². The van der Waals surface area contributed by atoms with E-state index in [-0.39, 0.29) is 5.56 Å². The second-order valence-corrected chi connectivity index (χ2v) is 6.45. The van der Waals surface area contributed by atoms with Crippen molar-refractivity contribution in [3.8, 4) is 0 Å². The van der Waals surface area contributed by atoms with Crippen LogP contribution in [0.5, 0.6) is 0 Å². The van der Waals surface area contributed by atoms with Crippen molar-refractivity contribution in [3.05, 3.63) is 33.4 Å². The summed E-state index contributed by atoms with van der Waals surface area (Å²) in [4.78, 5) is 23.4. The van der Waals surface area contributed by atoms with E-state index in [1.807, 2.05) is 11.4 Å². The highest BCUT2D eigenvalue weighted by Crippen LogP contribution is 2.20. The summed E-state index contributed by atoms with van der Waals surface area (Å²) in [7, 11) is 0. The molecule has 3 aromatic heterocycles. The monoisotopic (exact) mass is 307 g/mol. The third-order valence-corrected chi connectivity index (χ3v) is 4.49. The zero-order chi connectivity index (χ0) is 14.1. The third kappa shape index (κ3) is 2.61. The average molecular weight is 307 g/mol. The highest BCUT2D eigenvalue weighted by molar-refractivity contribution is 7.98. The third-order valence-electron chi connectivity index (χ3n) is 2.73. The highest BCUT2D eigenvalue weighted by atomic mass is 32.2. The number of hydrogen-bond acceptors (Lipinski definition) is 6. The van der Waals surface area contributed by atoms with Crippen LogP contribution in [-0.4, -0.2) is 25.1 Å². The lowest BCUT2D eigenvalue weighted by Gasteiger charge is -1.98. The molecule has 0 saturated heterocycles. The Labute approximate surface area is 123 Å². The number of aromatic nitrogens is 5. The summed E-state index contributed by atoms with van der Waals surface area (Å²) < 4.78 is 0.665. The van der Waals surface area contributed by atoms with E-state index >= 15 is 0 Å². The molecule has 0 saturated carbocycles. The molecule has 6 nitrogen and oxygen atoms in total. The number of H-pyrrole nitrogens is 2. The van der Waals surface area contributed by atoms with Crippen molar-refractivity contribution in [1.82, 2.24) is 25.1 Å². The molecule has 3 rings (SSSR count). The second kappa shape index (κ2) is 5.37. The molecule has 0 unspecified atom stereocenters. The van der Waals surface area contributed by atoms with Crippen LogP contribution in [0, 0.1) is 0 Å². The Hall–Kier alpha value is -1.67. The lowest BCUT2D eigenvalue weighted by molar-refractivity contribution is 0.780. The van der Waals surface area contributed by atoms with E-state index in [9.17, 15) is 4.79 Å². The van der Waals surface area contributed by atoms with Gasteiger partial charge in [-0.2, -0.15) is 0 Å². The molecular weight excluding hydrogens is 294 g/mol. The Morgan fingerprint density at radius 3 is 3.00 bits per heavy atom. The van der Waals surface area contributed by atoms with E-state index in [0.29, 0.717) is 27.4 Å². The largest absolute Gasteiger partial charge is 0.309 e. The first-order chi connectivity index (χ1) is 9.63. The van der Waals surface area contributed by atoms with Gasteiger partial charge in [-0.1, -0.05) is 25.6 Å². The number of nitrogens with one attached hydrogen (secondary N) is 2. The summed E-state index contributed by atoms with van der Waals surface area (Å²) in [6, 6.07) is 1.85. The van der Waals surface area contributed by atoms with E-state index in [0.717, 1.165) is 11.3 Å². The van der Waals surface area contributed by atoms with E-state index in [1.54, 1.807) is 0 Å². The fraction of sp³-hybridized carbons (Fsp3) is 0.333. The van der Waals surface area contributed by atoms with Crippen LogP contribution in [-0.2, 0) is 5.75 Å². The number of rotatable bonds is 4. The van der Waals surface area contributed by atoms with Gasteiger partial charge in [0.05, 0.1) is 11.3 Å². The Bertz CT molecular complexity index is 788. The summed E-state index contributed by atoms with van der Waals surface area (Å²) in [5.41, 5.74) is 0.658. The predicted molar refractivity (Wildman–Crippen MR) is 80.3 cm³/mol. The summed E-state index contributed by atoms with van der Waals surface area (Å²) in [6.45, 7) is 4.11. The molecular formula is C12H13N5OS2. The Morgan fingerprint density at radius 1 is 1.40 bits per heavy atom. The molecule has 0 radical (unpaired) electrons. The molecule has 0 spiro atoms. The minimum Gasteiger partial charge on any atom is -0.309 e. The number of aromatic amines is 2. The normalized spacial score (nSPS) is 11.6. The number of thiophene rings is 1. The minimum absolute atomic E-state index is 0.0848. The van der Waals surface area contributed by atoms with Crippen LogP contribution in [0.4, 0.5) is 0 Å². The molecule has 0 aliphatic carbocycles. The maximum atomic E-state index is 11.8. The van der Waals surface area contributed by atoms with Crippen molar-refractivity contribution in [2.45, 2.75) is 30.7 Å². The van der Waals surface area contributed by atoms with Crippen molar-refractivity contribution in [2.24, 2.45) is 0 Å². The minimum atomic E-state index is -0.0848. The van der Waals surface area contributed by atoms with Gasteiger partial charge in [-0.25, -0.2) is 9.97 Å². The number of nitrogens with zero attached hydrogens (tertiary/aromatic N) is 3. The fourth-order valence-electron chi connectivity index (χ4n) is 1.70. The molecule has 0 atom stereocenters. The van der Waals surface area contributed by atoms with Crippen LogP contribution in [0.2, 0.25) is 0 Å². The van der Waals surface area contributed by atoms with Gasteiger partial charge in [0.2, 0.25) is 5.16 Å². The van der Waals surface area contributed by atoms with Crippen LogP contribution < -0.4 is 5.56 Å². The lowest BCUT2D eigenvalue weighted by atomic mass is 10.2. The van der Waals surface area contributed by atoms with Gasteiger partial charge >= 0.3 is 0 Å². The van der Waals surface area contributed by atoms with Gasteiger partial charge in [-0.05, 0) is 11.4 Å². The van der Waals surface area contributed by atoms with Gasteiger partial charge in [0.15, 0.2) is 0 Å². The fourth-order valence-corrected chi connectivity index (χ4v) is 3.10. The van der Waals surface area contributed by atoms with Crippen molar-refractivity contribution in [3.63, 3.8) is 0 Å². The molecule has 0 aromatic carbocycles. The van der Waals surface area contributed by atoms with Crippen LogP contribution in [0.15, 0.2) is 21.4 Å². The molecule has 8 heteroatoms. The first-order valence-corrected chi connectivity index (χ1v) is 8.01. The zero-order valence-corrected chi connectivity index (χ0v) is 12.6. The SMILES string of the molecule is CC(C)c1nc(SCc2nc3ccsc3c(=O)[nH]2)n[nH]1. The Balaban J connectivity index is 1.77. The zero-order valence-electron chi connectivity index (χ0n) is 11.0. The highest BCUT2D eigenvalue weighted by Gasteiger charge is 2.09. The molecule has 0 fully saturated rings. The predicted octanol–water partition coefficient (Wildman–Crippen LogP) is 2.52. The van der Waals surface area contributed by atoms with Gasteiger partial charge in [0.1, 0.15) is 16.3 Å². The first-order valence-electron chi connectivity index (χ1n) is 6.15. The molecule has 20 heavy (non-hydrogen) atoms. The van der Waals surface area contributed by atoms with E-state index in [2.05, 4.69) is 39.0 Å². The summed E-state index contributed by atoms with van der Waals surface area (Å²) in [5, 5.41) is 9.58. The molecule has 2 N–H and O–H groups in total. The number of fused-ring (bicyclic) bond motifs is 1. The molecule has 3 heterocycles. The Morgan fingerprint density at radius 2 is 2.25 bits per heavy atom. The van der Waals surface area contributed by atoms with Crippen molar-refractivity contribution < 1.29 is 0 Å². The van der Waals surface area contributed by atoms with Gasteiger partial charge < -0.3 is 4.98 Å². The summed E-state index contributed by atoms with van der Waals surface area (Å²) in [6.07, 6.45) is 0. The van der Waals surface area contributed by atoms with E-state index < -0.39 is 0 Å². The van der Waals surface area contributed by atoms with Crippen LogP contribution >= 0.6 is 23.1 Å². The van der Waals surface area contributed by atoms with Gasteiger partial charge in [-0.3, -0.25) is 9.89 Å². The quantitative estimate of drug-likeness (QED) is 0.723.